The zero-order chi connectivity index (χ0) is 88.0. The lowest BCUT2D eigenvalue weighted by molar-refractivity contribution is 0.0931. The van der Waals surface area contributed by atoms with E-state index in [4.69, 9.17) is 32.2 Å². The molecular weight excluding hydrogens is 1610 g/mol. The first-order valence-corrected chi connectivity index (χ1v) is 40.8. The molecule has 18 aromatic rings. The van der Waals surface area contributed by atoms with Gasteiger partial charge < -0.3 is 33.2 Å². The molecule has 0 fully saturated rings. The number of anilines is 3. The van der Waals surface area contributed by atoms with Gasteiger partial charge in [0, 0.05) is 89.5 Å². The number of carbonyl (C=O) groups excluding carboxylic acids is 3. The second-order valence-corrected chi connectivity index (χ2v) is 30.7. The average Bonchev–Trinajstić information content (AvgIpc) is 0.785. The highest BCUT2D eigenvalue weighted by Gasteiger charge is 2.30. The van der Waals surface area contributed by atoms with Gasteiger partial charge in [0.15, 0.2) is 22.9 Å². The average molecular weight is 1680 g/mol. The predicted molar refractivity (Wildman–Crippen MR) is 484 cm³/mol. The number of rotatable bonds is 14. The molecule has 3 amide bonds. The maximum Gasteiger partial charge on any atom is 0.267 e. The standard InChI is InChI=1S/C33H28N8O2.C31H26N8O2S.C31H24N8O2/c1-20(2)25-16-19-40-31(37-25)28(29(34)39-40)32(42)36-21(3)30-38-26-11-7-8-23(13-12-22-14-17-35-18-15-22)27(26)33(43)41(30)24-9-5-4-6-10-24;1-18(2)23-14-15-38-29(35-23)26(27(32)37-38)30(40)34-19(3)28-36-24-11-7-8-20(12-13-22-16-33-17-42-22)25(24)31(41)39(28)21-9-5-4-6-10-21;1-19(36-30(40)26-27-22(9-7-15-33-27)17-34-28(26)32)29-37-24-12-6-8-21(14-13-20-16-35-38(2)18-20)25(24)31(41)39(29)23-10-4-3-5-11-23/h4-11,14-21H,1-3H3,(H2,34,39)(H,36,42);4-11,14-19H,1-3H3,(H2,32,37)(H,34,40);3-12,15-19H,1-2H3,(H2,32,34)(H,36,40)/t21-;2*19-/m000/s1. The number of hydrogen-bond acceptors (Lipinski definition) is 22. The van der Waals surface area contributed by atoms with Crippen molar-refractivity contribution < 1.29 is 14.4 Å². The minimum absolute atomic E-state index is 0.0578. The van der Waals surface area contributed by atoms with Crippen LogP contribution < -0.4 is 49.8 Å². The number of benzene rings is 6. The van der Waals surface area contributed by atoms with Crippen molar-refractivity contribution in [2.45, 2.75) is 78.4 Å². The van der Waals surface area contributed by atoms with Gasteiger partial charge in [-0.3, -0.25) is 62.1 Å². The molecule has 0 aliphatic rings. The van der Waals surface area contributed by atoms with E-state index >= 15 is 0 Å². The Morgan fingerprint density at radius 3 is 1.25 bits per heavy atom. The highest BCUT2D eigenvalue weighted by molar-refractivity contribution is 7.10. The monoisotopic (exact) mass is 1680 g/mol. The molecule has 0 aliphatic heterocycles. The lowest BCUT2D eigenvalue weighted by Crippen LogP contribution is -2.34. The Balaban J connectivity index is 0.000000139. The number of thiazole rings is 1. The summed E-state index contributed by atoms with van der Waals surface area (Å²) >= 11 is 1.42. The van der Waals surface area contributed by atoms with Crippen molar-refractivity contribution in [1.82, 2.24) is 104 Å². The first-order chi connectivity index (χ1) is 61.0. The Bertz CT molecular complexity index is 7690. The van der Waals surface area contributed by atoms with E-state index in [1.165, 1.54) is 34.1 Å². The molecular formula is C95H78N24O6S. The summed E-state index contributed by atoms with van der Waals surface area (Å²) in [4.78, 5) is 125. The van der Waals surface area contributed by atoms with Gasteiger partial charge in [0.1, 0.15) is 40.0 Å². The summed E-state index contributed by atoms with van der Waals surface area (Å²) in [6.45, 7) is 13.4. The number of nitrogens with one attached hydrogen (secondary N) is 3. The van der Waals surface area contributed by atoms with E-state index < -0.39 is 35.8 Å². The maximum absolute atomic E-state index is 14.2. The molecule has 6 aromatic carbocycles. The van der Waals surface area contributed by atoms with Gasteiger partial charge >= 0.3 is 0 Å². The Kier molecular flexibility index (Phi) is 23.5. The van der Waals surface area contributed by atoms with Crippen LogP contribution in [0.2, 0.25) is 0 Å². The summed E-state index contributed by atoms with van der Waals surface area (Å²) in [7, 11) is 1.81. The van der Waals surface area contributed by atoms with Crippen LogP contribution in [0.5, 0.6) is 0 Å². The molecule has 30 nitrogen and oxygen atoms in total. The molecule has 126 heavy (non-hydrogen) atoms. The molecule has 0 unspecified atom stereocenters. The van der Waals surface area contributed by atoms with Crippen LogP contribution in [0.3, 0.4) is 0 Å². The number of para-hydroxylation sites is 3. The zero-order valence-corrected chi connectivity index (χ0v) is 69.9. The number of aryl methyl sites for hydroxylation is 1. The minimum atomic E-state index is -0.695. The van der Waals surface area contributed by atoms with Crippen LogP contribution in [0.15, 0.2) is 258 Å². The number of nitrogens with zero attached hydrogens (tertiary/aromatic N) is 18. The van der Waals surface area contributed by atoms with E-state index in [9.17, 15) is 28.8 Å². The maximum atomic E-state index is 14.2. The van der Waals surface area contributed by atoms with Crippen LogP contribution in [0.1, 0.15) is 171 Å². The van der Waals surface area contributed by atoms with Crippen molar-refractivity contribution in [1.29, 1.82) is 0 Å². The lowest BCUT2D eigenvalue weighted by Gasteiger charge is -2.20. The smallest absolute Gasteiger partial charge is 0.267 e. The quantitative estimate of drug-likeness (QED) is 0.0551. The molecule has 0 saturated carbocycles. The van der Waals surface area contributed by atoms with Gasteiger partial charge in [-0.15, -0.1) is 21.5 Å². The third-order valence-electron chi connectivity index (χ3n) is 20.4. The number of hydrogen-bond donors (Lipinski definition) is 6. The largest absolute Gasteiger partial charge is 0.383 e. The molecule has 3 atom stereocenters. The molecule has 620 valence electrons. The number of nitrogen functional groups attached to an aromatic ring is 3. The molecule has 0 saturated heterocycles. The summed E-state index contributed by atoms with van der Waals surface area (Å²) in [6.07, 6.45) is 15.1. The van der Waals surface area contributed by atoms with Gasteiger partial charge in [0.2, 0.25) is 0 Å². The van der Waals surface area contributed by atoms with Crippen LogP contribution in [-0.2, 0) is 7.05 Å². The third kappa shape index (κ3) is 17.0. The topological polar surface area (TPSA) is 400 Å². The van der Waals surface area contributed by atoms with Crippen LogP contribution in [0, 0.1) is 35.5 Å². The van der Waals surface area contributed by atoms with E-state index in [1.807, 2.05) is 156 Å². The van der Waals surface area contributed by atoms with Crippen LogP contribution in [0.4, 0.5) is 17.5 Å². The fraction of sp³-hybridized carbons (Fsp3) is 0.137. The van der Waals surface area contributed by atoms with E-state index in [-0.39, 0.29) is 62.7 Å². The Labute approximate surface area is 723 Å². The van der Waals surface area contributed by atoms with E-state index in [0.717, 1.165) is 27.4 Å². The predicted octanol–water partition coefficient (Wildman–Crippen LogP) is 12.4. The molecule has 12 aromatic heterocycles. The SMILES string of the molecule is CC(C)c1ccn2nc(N)c(C(=O)N[C@@H](C)c3nc4cccc(C#Cc5ccncc5)c4c(=O)n3-c3ccccc3)c2n1.CC(C)c1ccn2nc(N)c(C(=O)N[C@@H](C)c3nc4cccc(C#Cc5cncs5)c4c(=O)n3-c3ccccc3)c2n1.C[C@H](NC(=O)c1c(N)ncc2cccnc12)c1nc2cccc(C#Cc3cnn(C)c3)c2c(=O)n1-c1ccccc1. The summed E-state index contributed by atoms with van der Waals surface area (Å²) in [5.74, 6) is 18.7. The second-order valence-electron chi connectivity index (χ2n) is 29.8. The Morgan fingerprint density at radius 2 is 0.841 bits per heavy atom. The fourth-order valence-corrected chi connectivity index (χ4v) is 14.8. The van der Waals surface area contributed by atoms with Crippen molar-refractivity contribution in [2.75, 3.05) is 17.2 Å². The van der Waals surface area contributed by atoms with Crippen LogP contribution in [0.25, 0.3) is 72.0 Å². The lowest BCUT2D eigenvalue weighted by atomic mass is 10.1. The van der Waals surface area contributed by atoms with Gasteiger partial charge in [0.25, 0.3) is 34.4 Å². The van der Waals surface area contributed by atoms with Crippen LogP contribution >= 0.6 is 11.3 Å². The summed E-state index contributed by atoms with van der Waals surface area (Å²) in [5, 5.41) is 23.4. The highest BCUT2D eigenvalue weighted by atomic mass is 32.1. The molecule has 12 heterocycles. The number of aromatic nitrogens is 18. The van der Waals surface area contributed by atoms with E-state index in [2.05, 4.69) is 96.7 Å². The first kappa shape index (κ1) is 82.7. The number of amides is 3. The normalized spacial score (nSPS) is 11.8. The van der Waals surface area contributed by atoms with E-state index in [0.29, 0.717) is 106 Å². The highest BCUT2D eigenvalue weighted by Crippen LogP contribution is 2.30. The van der Waals surface area contributed by atoms with Gasteiger partial charge in [-0.05, 0) is 148 Å². The zero-order valence-electron chi connectivity index (χ0n) is 69.1. The molecule has 0 radical (unpaired) electrons. The summed E-state index contributed by atoms with van der Waals surface area (Å²) in [5.41, 5.74) is 28.9. The van der Waals surface area contributed by atoms with Gasteiger partial charge in [-0.2, -0.15) is 5.10 Å². The van der Waals surface area contributed by atoms with Crippen LogP contribution in [-0.4, -0.2) is 105 Å². The third-order valence-corrected chi connectivity index (χ3v) is 21.1. The van der Waals surface area contributed by atoms with Crippen molar-refractivity contribution >= 4 is 101 Å². The number of fused-ring (bicyclic) bond motifs is 6. The van der Waals surface area contributed by atoms with E-state index in [1.54, 1.807) is 147 Å². The Morgan fingerprint density at radius 1 is 0.413 bits per heavy atom. The van der Waals surface area contributed by atoms with Gasteiger partial charge in [0.05, 0.1) is 102 Å². The summed E-state index contributed by atoms with van der Waals surface area (Å²) < 4.78 is 9.18. The fourth-order valence-electron chi connectivity index (χ4n) is 14.3. The van der Waals surface area contributed by atoms with Gasteiger partial charge in [-0.25, -0.2) is 38.9 Å². The molecule has 9 N–H and O–H groups in total. The Hall–Kier alpha value is -17.0. The molecule has 18 rings (SSSR count). The minimum Gasteiger partial charge on any atom is -0.383 e. The van der Waals surface area contributed by atoms with Crippen molar-refractivity contribution in [2.24, 2.45) is 7.05 Å². The van der Waals surface area contributed by atoms with Crippen molar-refractivity contribution in [3.63, 3.8) is 0 Å². The molecule has 0 spiro atoms. The van der Waals surface area contributed by atoms with Crippen molar-refractivity contribution in [3.8, 4) is 52.6 Å². The number of carbonyl (C=O) groups is 3. The molecule has 0 bridgehead atoms. The number of pyridine rings is 3. The molecule has 0 aliphatic carbocycles. The number of nitrogens with two attached hydrogens (primary N) is 3. The van der Waals surface area contributed by atoms with Gasteiger partial charge in [-0.1, -0.05) is 130 Å². The van der Waals surface area contributed by atoms with Crippen molar-refractivity contribution in [3.05, 3.63) is 353 Å². The second kappa shape index (κ2) is 35.8. The molecule has 31 heteroatoms. The summed E-state index contributed by atoms with van der Waals surface area (Å²) in [6, 6.07) is 52.4. The first-order valence-electron chi connectivity index (χ1n) is 39.9.